The molecule has 26 heavy (non-hydrogen) atoms. The average molecular weight is 354 g/mol. The van der Waals surface area contributed by atoms with Crippen molar-refractivity contribution in [2.75, 3.05) is 20.2 Å². The number of carbonyl (C=O) groups excluding carboxylic acids is 2. The second-order valence-corrected chi connectivity index (χ2v) is 6.12. The molecule has 0 fully saturated rings. The predicted octanol–water partition coefficient (Wildman–Crippen LogP) is 3.09. The van der Waals surface area contributed by atoms with E-state index in [2.05, 4.69) is 0 Å². The van der Waals surface area contributed by atoms with Crippen LogP contribution in [-0.2, 0) is 22.7 Å². The van der Waals surface area contributed by atoms with Crippen LogP contribution in [0.1, 0.15) is 25.0 Å². The Bertz CT molecular complexity index is 714. The zero-order chi connectivity index (χ0) is 18.9. The monoisotopic (exact) mass is 354 g/mol. The molecular weight excluding hydrogens is 328 g/mol. The summed E-state index contributed by atoms with van der Waals surface area (Å²) in [6.07, 6.45) is 0. The molecule has 0 aliphatic rings. The highest BCUT2D eigenvalue weighted by Gasteiger charge is 2.18. The van der Waals surface area contributed by atoms with Gasteiger partial charge in [-0.05, 0) is 30.2 Å². The normalized spacial score (nSPS) is 10.3. The van der Waals surface area contributed by atoms with E-state index in [-0.39, 0.29) is 18.4 Å². The summed E-state index contributed by atoms with van der Waals surface area (Å²) in [4.78, 5) is 28.0. The number of benzene rings is 2. The average Bonchev–Trinajstić information content (AvgIpc) is 2.66. The topological polar surface area (TPSA) is 49.9 Å². The lowest BCUT2D eigenvalue weighted by atomic mass is 10.2. The van der Waals surface area contributed by atoms with Gasteiger partial charge in [0.1, 0.15) is 12.3 Å². The van der Waals surface area contributed by atoms with Crippen molar-refractivity contribution in [1.82, 2.24) is 9.80 Å². The Morgan fingerprint density at radius 1 is 0.885 bits per heavy atom. The molecule has 5 heteroatoms. The van der Waals surface area contributed by atoms with Gasteiger partial charge in [0.15, 0.2) is 0 Å². The van der Waals surface area contributed by atoms with Gasteiger partial charge in [0.25, 0.3) is 0 Å². The van der Waals surface area contributed by atoms with Crippen molar-refractivity contribution in [2.24, 2.45) is 0 Å². The van der Waals surface area contributed by atoms with Gasteiger partial charge in [0.05, 0.1) is 7.11 Å². The number of hydrogen-bond donors (Lipinski definition) is 0. The minimum atomic E-state index is -0.120. The van der Waals surface area contributed by atoms with E-state index in [0.29, 0.717) is 19.6 Å². The molecule has 0 saturated carbocycles. The summed E-state index contributed by atoms with van der Waals surface area (Å²) < 4.78 is 5.15. The van der Waals surface area contributed by atoms with Crippen LogP contribution in [0.2, 0.25) is 0 Å². The fourth-order valence-corrected chi connectivity index (χ4v) is 2.67. The van der Waals surface area contributed by atoms with Crippen LogP contribution in [0.4, 0.5) is 0 Å². The van der Waals surface area contributed by atoms with Crippen LogP contribution in [-0.4, -0.2) is 41.8 Å². The lowest BCUT2D eigenvalue weighted by Crippen LogP contribution is -2.41. The molecule has 5 nitrogen and oxygen atoms in total. The zero-order valence-electron chi connectivity index (χ0n) is 15.6. The van der Waals surface area contributed by atoms with Crippen molar-refractivity contribution in [1.29, 1.82) is 0 Å². The van der Waals surface area contributed by atoms with Crippen molar-refractivity contribution >= 4 is 11.8 Å². The van der Waals surface area contributed by atoms with Gasteiger partial charge in [-0.1, -0.05) is 42.5 Å². The summed E-state index contributed by atoms with van der Waals surface area (Å²) in [5.41, 5.74) is 2.03. The molecule has 0 bridgehead atoms. The second-order valence-electron chi connectivity index (χ2n) is 6.12. The van der Waals surface area contributed by atoms with Crippen LogP contribution < -0.4 is 4.74 Å². The van der Waals surface area contributed by atoms with Gasteiger partial charge >= 0.3 is 0 Å². The summed E-state index contributed by atoms with van der Waals surface area (Å²) in [5, 5.41) is 0. The number of amides is 2. The Morgan fingerprint density at radius 2 is 1.46 bits per heavy atom. The van der Waals surface area contributed by atoms with Gasteiger partial charge in [-0.2, -0.15) is 0 Å². The maximum Gasteiger partial charge on any atom is 0.242 e. The van der Waals surface area contributed by atoms with Gasteiger partial charge in [0.2, 0.25) is 11.8 Å². The van der Waals surface area contributed by atoms with Crippen LogP contribution in [0.15, 0.2) is 54.6 Å². The summed E-state index contributed by atoms with van der Waals surface area (Å²) >= 11 is 0. The van der Waals surface area contributed by atoms with Gasteiger partial charge in [0, 0.05) is 26.6 Å². The second kappa shape index (κ2) is 9.61. The molecule has 0 unspecified atom stereocenters. The van der Waals surface area contributed by atoms with Gasteiger partial charge in [-0.25, -0.2) is 0 Å². The molecule has 0 radical (unpaired) electrons. The highest BCUT2D eigenvalue weighted by Crippen LogP contribution is 2.14. The molecule has 2 aromatic carbocycles. The molecule has 0 saturated heterocycles. The first kappa shape index (κ1) is 19.5. The van der Waals surface area contributed by atoms with Crippen molar-refractivity contribution in [3.8, 4) is 5.75 Å². The summed E-state index contributed by atoms with van der Waals surface area (Å²) in [5.74, 6) is 0.587. The van der Waals surface area contributed by atoms with Crippen LogP contribution in [0.3, 0.4) is 0 Å². The Labute approximate surface area is 155 Å². The number of rotatable bonds is 8. The first-order valence-corrected chi connectivity index (χ1v) is 8.73. The maximum atomic E-state index is 12.7. The molecule has 0 heterocycles. The Kier molecular flexibility index (Phi) is 7.21. The quantitative estimate of drug-likeness (QED) is 0.732. The molecule has 0 atom stereocenters. The van der Waals surface area contributed by atoms with Crippen molar-refractivity contribution in [3.63, 3.8) is 0 Å². The smallest absolute Gasteiger partial charge is 0.242 e. The Morgan fingerprint density at radius 3 is 2.00 bits per heavy atom. The van der Waals surface area contributed by atoms with Crippen LogP contribution in [0, 0.1) is 0 Å². The molecule has 2 amide bonds. The fraction of sp³-hybridized carbons (Fsp3) is 0.333. The third kappa shape index (κ3) is 5.62. The van der Waals surface area contributed by atoms with Crippen molar-refractivity contribution < 1.29 is 14.3 Å². The minimum absolute atomic E-state index is 0.0555. The molecule has 0 spiro atoms. The Hall–Kier alpha value is -2.82. The number of methoxy groups -OCH3 is 1. The first-order chi connectivity index (χ1) is 12.5. The number of nitrogens with zero attached hydrogens (tertiary/aromatic N) is 2. The van der Waals surface area contributed by atoms with Crippen molar-refractivity contribution in [2.45, 2.75) is 26.9 Å². The predicted molar refractivity (Wildman–Crippen MR) is 102 cm³/mol. The van der Waals surface area contributed by atoms with Crippen LogP contribution in [0.25, 0.3) is 0 Å². The third-order valence-electron chi connectivity index (χ3n) is 4.25. The molecule has 0 aromatic heterocycles. The molecule has 0 aliphatic heterocycles. The molecule has 0 aliphatic carbocycles. The van der Waals surface area contributed by atoms with E-state index in [1.54, 1.807) is 16.9 Å². The summed E-state index contributed by atoms with van der Waals surface area (Å²) in [7, 11) is 1.61. The Balaban J connectivity index is 2.02. The molecule has 138 valence electrons. The van der Waals surface area contributed by atoms with Gasteiger partial charge in [-0.3, -0.25) is 9.59 Å². The van der Waals surface area contributed by atoms with Gasteiger partial charge in [-0.15, -0.1) is 0 Å². The van der Waals surface area contributed by atoms with E-state index in [9.17, 15) is 9.59 Å². The van der Waals surface area contributed by atoms with E-state index in [0.717, 1.165) is 16.9 Å². The summed E-state index contributed by atoms with van der Waals surface area (Å²) in [6.45, 7) is 5.05. The lowest BCUT2D eigenvalue weighted by Gasteiger charge is -2.26. The fourth-order valence-electron chi connectivity index (χ4n) is 2.67. The molecule has 0 N–H and O–H groups in total. The van der Waals surface area contributed by atoms with E-state index in [1.807, 2.05) is 61.5 Å². The zero-order valence-corrected chi connectivity index (χ0v) is 15.6. The number of carbonyl (C=O) groups is 2. The van der Waals surface area contributed by atoms with Crippen LogP contribution in [0.5, 0.6) is 5.75 Å². The summed E-state index contributed by atoms with van der Waals surface area (Å²) in [6, 6.07) is 17.4. The first-order valence-electron chi connectivity index (χ1n) is 8.73. The number of ether oxygens (including phenoxy) is 1. The standard InChI is InChI=1S/C21H26N2O3/c1-4-22(14-18-8-6-5-7-9-18)21(25)16-23(17(2)24)15-19-10-12-20(26-3)13-11-19/h5-13H,4,14-16H2,1-3H3. The third-order valence-corrected chi connectivity index (χ3v) is 4.25. The molecule has 2 aromatic rings. The van der Waals surface area contributed by atoms with Crippen LogP contribution >= 0.6 is 0 Å². The molecular formula is C21H26N2O3. The maximum absolute atomic E-state index is 12.7. The van der Waals surface area contributed by atoms with E-state index >= 15 is 0 Å². The highest BCUT2D eigenvalue weighted by atomic mass is 16.5. The SMILES string of the molecule is CCN(Cc1ccccc1)C(=O)CN(Cc1ccc(OC)cc1)C(C)=O. The van der Waals surface area contributed by atoms with E-state index < -0.39 is 0 Å². The lowest BCUT2D eigenvalue weighted by molar-refractivity contribution is -0.140. The van der Waals surface area contributed by atoms with E-state index in [1.165, 1.54) is 6.92 Å². The van der Waals surface area contributed by atoms with Gasteiger partial charge < -0.3 is 14.5 Å². The van der Waals surface area contributed by atoms with Crippen molar-refractivity contribution in [3.05, 3.63) is 65.7 Å². The molecule has 2 rings (SSSR count). The number of likely N-dealkylation sites (N-methyl/N-ethyl adjacent to an activating group) is 1. The highest BCUT2D eigenvalue weighted by molar-refractivity contribution is 5.83. The minimum Gasteiger partial charge on any atom is -0.497 e. The number of hydrogen-bond acceptors (Lipinski definition) is 3. The van der Waals surface area contributed by atoms with E-state index in [4.69, 9.17) is 4.74 Å². The largest absolute Gasteiger partial charge is 0.497 e.